The number of hydrogen-bond donors (Lipinski definition) is 3. The molecule has 0 radical (unpaired) electrons. The Morgan fingerprint density at radius 1 is 1.36 bits per heavy atom. The highest BCUT2D eigenvalue weighted by Gasteiger charge is 2.12. The first-order chi connectivity index (χ1) is 6.58. The highest BCUT2D eigenvalue weighted by atomic mass is 32.2. The third-order valence-electron chi connectivity index (χ3n) is 2.55. The molecule has 1 saturated heterocycles. The largest absolute Gasteiger partial charge is 0.317 e. The molecule has 1 aliphatic rings. The third kappa shape index (κ3) is 5.54. The summed E-state index contributed by atoms with van der Waals surface area (Å²) in [5, 5.41) is 8.15. The summed E-state index contributed by atoms with van der Waals surface area (Å²) in [7, 11) is -3.50. The Balaban J connectivity index is 2.16. The SMILES string of the molecule is NS(=O)(=O)NCCC1CCCNCC1. The second-order valence-corrected chi connectivity index (χ2v) is 5.15. The van der Waals surface area contributed by atoms with Crippen molar-refractivity contribution in [2.24, 2.45) is 11.1 Å². The van der Waals surface area contributed by atoms with Gasteiger partial charge >= 0.3 is 0 Å². The summed E-state index contributed by atoms with van der Waals surface area (Å²) in [4.78, 5) is 0. The average molecular weight is 221 g/mol. The molecule has 4 N–H and O–H groups in total. The Bertz CT molecular complexity index is 245. The molecule has 5 nitrogen and oxygen atoms in total. The van der Waals surface area contributed by atoms with E-state index in [4.69, 9.17) is 5.14 Å². The predicted octanol–water partition coefficient (Wildman–Crippen LogP) is -0.441. The highest BCUT2D eigenvalue weighted by molar-refractivity contribution is 7.87. The molecule has 0 bridgehead atoms. The minimum absolute atomic E-state index is 0.462. The van der Waals surface area contributed by atoms with Gasteiger partial charge in [0.05, 0.1) is 0 Å². The number of nitrogens with one attached hydrogen (secondary N) is 2. The molecule has 0 aliphatic carbocycles. The van der Waals surface area contributed by atoms with E-state index in [-0.39, 0.29) is 0 Å². The first kappa shape index (κ1) is 11.9. The van der Waals surface area contributed by atoms with E-state index in [1.165, 1.54) is 12.8 Å². The molecule has 1 rings (SSSR count). The van der Waals surface area contributed by atoms with Crippen LogP contribution < -0.4 is 15.2 Å². The molecule has 14 heavy (non-hydrogen) atoms. The van der Waals surface area contributed by atoms with Crippen LogP contribution in [0.1, 0.15) is 25.7 Å². The topological polar surface area (TPSA) is 84.2 Å². The van der Waals surface area contributed by atoms with Crippen LogP contribution >= 0.6 is 0 Å². The molecule has 0 aromatic rings. The molecule has 0 aromatic heterocycles. The van der Waals surface area contributed by atoms with Gasteiger partial charge in [-0.25, -0.2) is 9.86 Å². The van der Waals surface area contributed by atoms with Crippen molar-refractivity contribution in [1.82, 2.24) is 10.0 Å². The molecule has 0 saturated carbocycles. The molecule has 1 unspecified atom stereocenters. The smallest absolute Gasteiger partial charge is 0.274 e. The fourth-order valence-electron chi connectivity index (χ4n) is 1.79. The zero-order valence-electron chi connectivity index (χ0n) is 8.33. The molecular formula is C8H19N3O2S. The lowest BCUT2D eigenvalue weighted by atomic mass is 9.97. The molecule has 0 amide bonds. The Labute approximate surface area is 85.6 Å². The summed E-state index contributed by atoms with van der Waals surface area (Å²) in [5.74, 6) is 0.624. The zero-order valence-corrected chi connectivity index (χ0v) is 9.15. The van der Waals surface area contributed by atoms with Gasteiger partial charge in [0.2, 0.25) is 0 Å². The molecule has 1 aliphatic heterocycles. The normalized spacial score (nSPS) is 24.5. The minimum atomic E-state index is -3.50. The Morgan fingerprint density at radius 2 is 2.14 bits per heavy atom. The Kier molecular flexibility index (Phi) is 4.80. The van der Waals surface area contributed by atoms with Gasteiger partial charge in [0.1, 0.15) is 0 Å². The van der Waals surface area contributed by atoms with E-state index < -0.39 is 10.2 Å². The van der Waals surface area contributed by atoms with E-state index >= 15 is 0 Å². The second-order valence-electron chi connectivity index (χ2n) is 3.77. The Morgan fingerprint density at radius 3 is 2.86 bits per heavy atom. The molecule has 6 heteroatoms. The molecular weight excluding hydrogens is 202 g/mol. The lowest BCUT2D eigenvalue weighted by Crippen LogP contribution is -2.32. The predicted molar refractivity (Wildman–Crippen MR) is 55.9 cm³/mol. The van der Waals surface area contributed by atoms with E-state index in [1.807, 2.05) is 0 Å². The van der Waals surface area contributed by atoms with Crippen molar-refractivity contribution < 1.29 is 8.42 Å². The van der Waals surface area contributed by atoms with Crippen molar-refractivity contribution in [3.63, 3.8) is 0 Å². The van der Waals surface area contributed by atoms with Crippen LogP contribution in [0.5, 0.6) is 0 Å². The van der Waals surface area contributed by atoms with Crippen molar-refractivity contribution in [3.05, 3.63) is 0 Å². The fourth-order valence-corrected chi connectivity index (χ4v) is 2.19. The maximum atomic E-state index is 10.6. The number of hydrogen-bond acceptors (Lipinski definition) is 3. The molecule has 0 spiro atoms. The molecule has 0 aromatic carbocycles. The summed E-state index contributed by atoms with van der Waals surface area (Å²) < 4.78 is 23.5. The van der Waals surface area contributed by atoms with Gasteiger partial charge in [-0.15, -0.1) is 0 Å². The highest BCUT2D eigenvalue weighted by Crippen LogP contribution is 2.16. The van der Waals surface area contributed by atoms with Crippen LogP contribution in [0.3, 0.4) is 0 Å². The van der Waals surface area contributed by atoms with Gasteiger partial charge in [0.25, 0.3) is 10.2 Å². The van der Waals surface area contributed by atoms with Crippen LogP contribution in [0.2, 0.25) is 0 Å². The summed E-state index contributed by atoms with van der Waals surface area (Å²) >= 11 is 0. The van der Waals surface area contributed by atoms with Gasteiger partial charge in [-0.2, -0.15) is 8.42 Å². The minimum Gasteiger partial charge on any atom is -0.317 e. The van der Waals surface area contributed by atoms with E-state index in [2.05, 4.69) is 10.0 Å². The van der Waals surface area contributed by atoms with Gasteiger partial charge in [-0.3, -0.25) is 0 Å². The fraction of sp³-hybridized carbons (Fsp3) is 1.00. The van der Waals surface area contributed by atoms with Crippen LogP contribution in [0, 0.1) is 5.92 Å². The van der Waals surface area contributed by atoms with Gasteiger partial charge in [0.15, 0.2) is 0 Å². The maximum Gasteiger partial charge on any atom is 0.274 e. The van der Waals surface area contributed by atoms with E-state index in [1.54, 1.807) is 0 Å². The molecule has 1 atom stereocenters. The van der Waals surface area contributed by atoms with Crippen LogP contribution in [-0.2, 0) is 10.2 Å². The second kappa shape index (κ2) is 5.65. The lowest BCUT2D eigenvalue weighted by molar-refractivity contribution is 0.437. The van der Waals surface area contributed by atoms with Crippen molar-refractivity contribution in [1.29, 1.82) is 0 Å². The summed E-state index contributed by atoms with van der Waals surface area (Å²) in [6.45, 7) is 2.59. The van der Waals surface area contributed by atoms with Crippen molar-refractivity contribution in [3.8, 4) is 0 Å². The summed E-state index contributed by atoms with van der Waals surface area (Å²) in [6, 6.07) is 0. The zero-order chi connectivity index (χ0) is 10.4. The van der Waals surface area contributed by atoms with Crippen molar-refractivity contribution in [2.45, 2.75) is 25.7 Å². The van der Waals surface area contributed by atoms with Gasteiger partial charge < -0.3 is 5.32 Å². The third-order valence-corrected chi connectivity index (χ3v) is 3.16. The monoisotopic (exact) mass is 221 g/mol. The lowest BCUT2D eigenvalue weighted by Gasteiger charge is -2.12. The standard InChI is InChI=1S/C8H19N3O2S/c9-14(12,13)11-7-4-8-2-1-5-10-6-3-8/h8,10-11H,1-7H2,(H2,9,12,13). The van der Waals surface area contributed by atoms with Gasteiger partial charge in [-0.05, 0) is 44.7 Å². The number of rotatable bonds is 4. The maximum absolute atomic E-state index is 10.6. The van der Waals surface area contributed by atoms with Crippen LogP contribution in [0.15, 0.2) is 0 Å². The van der Waals surface area contributed by atoms with Crippen LogP contribution in [0.25, 0.3) is 0 Å². The van der Waals surface area contributed by atoms with E-state index in [9.17, 15) is 8.42 Å². The Hall–Kier alpha value is -0.170. The molecule has 1 heterocycles. The molecule has 84 valence electrons. The average Bonchev–Trinajstić information content (AvgIpc) is 2.30. The van der Waals surface area contributed by atoms with Crippen LogP contribution in [0.4, 0.5) is 0 Å². The van der Waals surface area contributed by atoms with Crippen molar-refractivity contribution >= 4 is 10.2 Å². The first-order valence-corrected chi connectivity index (χ1v) is 6.60. The van der Waals surface area contributed by atoms with E-state index in [0.29, 0.717) is 12.5 Å². The van der Waals surface area contributed by atoms with Gasteiger partial charge in [0, 0.05) is 6.54 Å². The number of nitrogens with two attached hydrogens (primary N) is 1. The van der Waals surface area contributed by atoms with E-state index in [0.717, 1.165) is 25.9 Å². The quantitative estimate of drug-likeness (QED) is 0.601. The molecule has 1 fully saturated rings. The van der Waals surface area contributed by atoms with Crippen molar-refractivity contribution in [2.75, 3.05) is 19.6 Å². The first-order valence-electron chi connectivity index (χ1n) is 5.06. The van der Waals surface area contributed by atoms with Crippen LogP contribution in [-0.4, -0.2) is 28.1 Å². The summed E-state index contributed by atoms with van der Waals surface area (Å²) in [6.07, 6.45) is 4.38. The van der Waals surface area contributed by atoms with Gasteiger partial charge in [-0.1, -0.05) is 0 Å². The summed E-state index contributed by atoms with van der Waals surface area (Å²) in [5.41, 5.74) is 0.